The minimum atomic E-state index is -0.938. The Morgan fingerprint density at radius 1 is 1.05 bits per heavy atom. The number of carboxylic acid groups (broad SMARTS) is 1. The van der Waals surface area contributed by atoms with Gasteiger partial charge in [-0.15, -0.1) is 5.10 Å². The van der Waals surface area contributed by atoms with Gasteiger partial charge in [0.15, 0.2) is 0 Å². The minimum absolute atomic E-state index is 0.284. The minimum Gasteiger partial charge on any atom is -0.478 e. The van der Waals surface area contributed by atoms with Gasteiger partial charge in [-0.05, 0) is 11.6 Å². The van der Waals surface area contributed by atoms with Crippen molar-refractivity contribution in [2.45, 2.75) is 6.54 Å². The van der Waals surface area contributed by atoms with E-state index in [9.17, 15) is 9.90 Å². The lowest BCUT2D eigenvalue weighted by Crippen LogP contribution is -2.09. The third-order valence-electron chi connectivity index (χ3n) is 3.26. The van der Waals surface area contributed by atoms with E-state index in [1.807, 2.05) is 36.4 Å². The fraction of sp³-hybridized carbons (Fsp3) is 0.0625. The van der Waals surface area contributed by atoms with Crippen molar-refractivity contribution in [3.8, 4) is 11.3 Å². The second-order valence-corrected chi connectivity index (χ2v) is 4.61. The molecule has 104 valence electrons. The summed E-state index contributed by atoms with van der Waals surface area (Å²) in [6.07, 6.45) is 1.68. The lowest BCUT2D eigenvalue weighted by atomic mass is 10.1. The second-order valence-electron chi connectivity index (χ2n) is 4.61. The highest BCUT2D eigenvalue weighted by atomic mass is 16.4. The first-order valence-corrected chi connectivity index (χ1v) is 6.51. The van der Waals surface area contributed by atoms with E-state index in [0.29, 0.717) is 12.1 Å². The van der Waals surface area contributed by atoms with Gasteiger partial charge in [-0.3, -0.25) is 0 Å². The van der Waals surface area contributed by atoms with Crippen LogP contribution in [0.4, 0.5) is 0 Å². The SMILES string of the molecule is O=C(O)c1ccccc1Cn1nncc1-c1ccccc1. The van der Waals surface area contributed by atoms with E-state index >= 15 is 0 Å². The summed E-state index contributed by atoms with van der Waals surface area (Å²) in [6, 6.07) is 16.7. The normalized spacial score (nSPS) is 10.5. The van der Waals surface area contributed by atoms with Crippen LogP contribution >= 0.6 is 0 Å². The molecule has 0 amide bonds. The zero-order chi connectivity index (χ0) is 14.7. The van der Waals surface area contributed by atoms with Gasteiger partial charge in [-0.2, -0.15) is 0 Å². The van der Waals surface area contributed by atoms with Crippen molar-refractivity contribution in [2.24, 2.45) is 0 Å². The Morgan fingerprint density at radius 3 is 2.52 bits per heavy atom. The molecule has 21 heavy (non-hydrogen) atoms. The molecule has 1 N–H and O–H groups in total. The van der Waals surface area contributed by atoms with Crippen LogP contribution < -0.4 is 0 Å². The summed E-state index contributed by atoms with van der Waals surface area (Å²) in [6.45, 7) is 0.368. The van der Waals surface area contributed by atoms with E-state index in [1.54, 1.807) is 29.1 Å². The number of carboxylic acids is 1. The van der Waals surface area contributed by atoms with Crippen LogP contribution in [0, 0.1) is 0 Å². The van der Waals surface area contributed by atoms with E-state index in [4.69, 9.17) is 0 Å². The van der Waals surface area contributed by atoms with E-state index in [-0.39, 0.29) is 5.56 Å². The van der Waals surface area contributed by atoms with Gasteiger partial charge in [0.05, 0.1) is 24.0 Å². The molecule has 0 saturated carbocycles. The van der Waals surface area contributed by atoms with Crippen molar-refractivity contribution in [2.75, 3.05) is 0 Å². The van der Waals surface area contributed by atoms with Gasteiger partial charge in [-0.25, -0.2) is 9.48 Å². The molecule has 5 nitrogen and oxygen atoms in total. The standard InChI is InChI=1S/C16H13N3O2/c20-16(21)14-9-5-4-8-13(14)11-19-15(10-17-18-19)12-6-2-1-3-7-12/h1-10H,11H2,(H,20,21). The zero-order valence-corrected chi connectivity index (χ0v) is 11.2. The molecule has 0 aliphatic rings. The number of carbonyl (C=O) groups is 1. The van der Waals surface area contributed by atoms with Crippen molar-refractivity contribution < 1.29 is 9.90 Å². The van der Waals surface area contributed by atoms with E-state index in [2.05, 4.69) is 10.3 Å². The lowest BCUT2D eigenvalue weighted by molar-refractivity contribution is 0.0695. The monoisotopic (exact) mass is 279 g/mol. The van der Waals surface area contributed by atoms with Gasteiger partial charge in [0.25, 0.3) is 0 Å². The van der Waals surface area contributed by atoms with E-state index in [0.717, 1.165) is 11.3 Å². The number of hydrogen-bond donors (Lipinski definition) is 1. The summed E-state index contributed by atoms with van der Waals surface area (Å²) in [5.74, 6) is -0.938. The van der Waals surface area contributed by atoms with Crippen LogP contribution in [0.1, 0.15) is 15.9 Å². The van der Waals surface area contributed by atoms with Gasteiger partial charge < -0.3 is 5.11 Å². The Balaban J connectivity index is 1.98. The maximum Gasteiger partial charge on any atom is 0.336 e. The van der Waals surface area contributed by atoms with Crippen LogP contribution in [-0.2, 0) is 6.54 Å². The Morgan fingerprint density at radius 2 is 1.76 bits per heavy atom. The Hall–Kier alpha value is -2.95. The van der Waals surface area contributed by atoms with E-state index < -0.39 is 5.97 Å². The molecule has 0 fully saturated rings. The Bertz CT molecular complexity index is 766. The Kier molecular flexibility index (Phi) is 3.47. The van der Waals surface area contributed by atoms with Crippen LogP contribution in [0.25, 0.3) is 11.3 Å². The number of benzene rings is 2. The average molecular weight is 279 g/mol. The van der Waals surface area contributed by atoms with Gasteiger partial charge >= 0.3 is 5.97 Å². The van der Waals surface area contributed by atoms with Crippen molar-refractivity contribution in [3.05, 3.63) is 71.9 Å². The maximum atomic E-state index is 11.3. The number of aromatic nitrogens is 3. The molecular weight excluding hydrogens is 266 g/mol. The third-order valence-corrected chi connectivity index (χ3v) is 3.26. The van der Waals surface area contributed by atoms with E-state index in [1.165, 1.54) is 0 Å². The van der Waals surface area contributed by atoms with Crippen molar-refractivity contribution in [1.82, 2.24) is 15.0 Å². The van der Waals surface area contributed by atoms with Crippen LogP contribution in [-0.4, -0.2) is 26.1 Å². The quantitative estimate of drug-likeness (QED) is 0.797. The van der Waals surface area contributed by atoms with Gasteiger partial charge in [0, 0.05) is 5.56 Å². The molecule has 0 atom stereocenters. The molecule has 1 heterocycles. The van der Waals surface area contributed by atoms with Gasteiger partial charge in [-0.1, -0.05) is 53.7 Å². The van der Waals surface area contributed by atoms with Crippen molar-refractivity contribution in [3.63, 3.8) is 0 Å². The number of rotatable bonds is 4. The first-order chi connectivity index (χ1) is 10.3. The third kappa shape index (κ3) is 2.67. The lowest BCUT2D eigenvalue weighted by Gasteiger charge is -2.08. The number of nitrogens with zero attached hydrogens (tertiary/aromatic N) is 3. The van der Waals surface area contributed by atoms with Crippen molar-refractivity contribution in [1.29, 1.82) is 0 Å². The maximum absolute atomic E-state index is 11.3. The number of aromatic carboxylic acids is 1. The molecular formula is C16H13N3O2. The number of hydrogen-bond acceptors (Lipinski definition) is 3. The smallest absolute Gasteiger partial charge is 0.336 e. The molecule has 5 heteroatoms. The fourth-order valence-electron chi connectivity index (χ4n) is 2.24. The first kappa shape index (κ1) is 13.1. The average Bonchev–Trinajstić information content (AvgIpc) is 2.96. The molecule has 0 spiro atoms. The molecule has 3 rings (SSSR count). The summed E-state index contributed by atoms with van der Waals surface area (Å²) in [5, 5.41) is 17.2. The fourth-order valence-corrected chi connectivity index (χ4v) is 2.24. The molecule has 0 aliphatic heterocycles. The molecule has 0 saturated heterocycles. The topological polar surface area (TPSA) is 68.0 Å². The molecule has 0 bridgehead atoms. The second kappa shape index (κ2) is 5.58. The summed E-state index contributed by atoms with van der Waals surface area (Å²) in [4.78, 5) is 11.3. The van der Waals surface area contributed by atoms with Gasteiger partial charge in [0.2, 0.25) is 0 Å². The summed E-state index contributed by atoms with van der Waals surface area (Å²) >= 11 is 0. The highest BCUT2D eigenvalue weighted by Crippen LogP contribution is 2.19. The zero-order valence-electron chi connectivity index (χ0n) is 11.2. The molecule has 0 radical (unpaired) electrons. The molecule has 0 aliphatic carbocycles. The Labute approximate surface area is 121 Å². The predicted octanol–water partition coefficient (Wildman–Crippen LogP) is 2.69. The largest absolute Gasteiger partial charge is 0.478 e. The first-order valence-electron chi connectivity index (χ1n) is 6.51. The van der Waals surface area contributed by atoms with Crippen LogP contribution in [0.2, 0.25) is 0 Å². The highest BCUT2D eigenvalue weighted by molar-refractivity contribution is 5.89. The van der Waals surface area contributed by atoms with Crippen LogP contribution in [0.15, 0.2) is 60.8 Å². The summed E-state index contributed by atoms with van der Waals surface area (Å²) < 4.78 is 1.71. The van der Waals surface area contributed by atoms with Gasteiger partial charge in [0.1, 0.15) is 0 Å². The summed E-state index contributed by atoms with van der Waals surface area (Å²) in [7, 11) is 0. The van der Waals surface area contributed by atoms with Crippen molar-refractivity contribution >= 4 is 5.97 Å². The summed E-state index contributed by atoms with van der Waals surface area (Å²) in [5.41, 5.74) is 2.84. The molecule has 1 aromatic heterocycles. The highest BCUT2D eigenvalue weighted by Gasteiger charge is 2.12. The predicted molar refractivity (Wildman–Crippen MR) is 78.0 cm³/mol. The molecule has 0 unspecified atom stereocenters. The molecule has 3 aromatic rings. The van der Waals surface area contributed by atoms with Crippen LogP contribution in [0.3, 0.4) is 0 Å². The van der Waals surface area contributed by atoms with Crippen LogP contribution in [0.5, 0.6) is 0 Å². The molecule has 2 aromatic carbocycles.